The van der Waals surface area contributed by atoms with E-state index in [4.69, 9.17) is 27.9 Å². The van der Waals surface area contributed by atoms with E-state index in [2.05, 4.69) is 10.2 Å². The molecule has 0 saturated heterocycles. The summed E-state index contributed by atoms with van der Waals surface area (Å²) in [6.07, 6.45) is 0.278. The SMILES string of the molecule is CCCOC(=O)Nc1ccc(N(C)Cc2ccc(Cl)s2)cc1Cl. The van der Waals surface area contributed by atoms with Crippen molar-refractivity contribution in [2.24, 2.45) is 0 Å². The van der Waals surface area contributed by atoms with Gasteiger partial charge >= 0.3 is 6.09 Å². The minimum Gasteiger partial charge on any atom is -0.449 e. The Labute approximate surface area is 150 Å². The summed E-state index contributed by atoms with van der Waals surface area (Å²) in [6.45, 7) is 3.05. The van der Waals surface area contributed by atoms with Gasteiger partial charge in [-0.2, -0.15) is 0 Å². The number of hydrogen-bond acceptors (Lipinski definition) is 4. The quantitative estimate of drug-likeness (QED) is 0.711. The van der Waals surface area contributed by atoms with Gasteiger partial charge in [0, 0.05) is 17.6 Å². The second-order valence-corrected chi connectivity index (χ2v) is 7.19. The predicted molar refractivity (Wildman–Crippen MR) is 98.1 cm³/mol. The number of anilines is 2. The van der Waals surface area contributed by atoms with E-state index in [0.29, 0.717) is 17.3 Å². The van der Waals surface area contributed by atoms with Crippen molar-refractivity contribution in [2.75, 3.05) is 23.9 Å². The molecular formula is C16H18Cl2N2O2S. The number of nitrogens with one attached hydrogen (secondary N) is 1. The molecule has 0 saturated carbocycles. The normalized spacial score (nSPS) is 10.4. The van der Waals surface area contributed by atoms with Gasteiger partial charge in [0.05, 0.1) is 28.2 Å². The molecule has 0 bridgehead atoms. The first-order chi connectivity index (χ1) is 11.0. The van der Waals surface area contributed by atoms with Crippen molar-refractivity contribution >= 4 is 52.0 Å². The highest BCUT2D eigenvalue weighted by Crippen LogP contribution is 2.29. The van der Waals surface area contributed by atoms with Crippen molar-refractivity contribution in [3.63, 3.8) is 0 Å². The van der Waals surface area contributed by atoms with Crippen LogP contribution in [0.3, 0.4) is 0 Å². The summed E-state index contributed by atoms with van der Waals surface area (Å²) < 4.78 is 5.75. The lowest BCUT2D eigenvalue weighted by Gasteiger charge is -2.19. The van der Waals surface area contributed by atoms with E-state index in [0.717, 1.165) is 23.0 Å². The molecule has 1 N–H and O–H groups in total. The van der Waals surface area contributed by atoms with Gasteiger partial charge in [-0.1, -0.05) is 30.1 Å². The summed E-state index contributed by atoms with van der Waals surface area (Å²) in [4.78, 5) is 14.8. The Balaban J connectivity index is 2.01. The number of carbonyl (C=O) groups excluding carboxylic acids is 1. The van der Waals surface area contributed by atoms with Crippen molar-refractivity contribution < 1.29 is 9.53 Å². The van der Waals surface area contributed by atoms with Gasteiger partial charge in [0.1, 0.15) is 0 Å². The highest BCUT2D eigenvalue weighted by Gasteiger charge is 2.10. The lowest BCUT2D eigenvalue weighted by atomic mass is 10.2. The van der Waals surface area contributed by atoms with E-state index >= 15 is 0 Å². The topological polar surface area (TPSA) is 41.6 Å². The largest absolute Gasteiger partial charge is 0.449 e. The van der Waals surface area contributed by atoms with Crippen molar-refractivity contribution in [3.8, 4) is 0 Å². The Morgan fingerprint density at radius 1 is 1.30 bits per heavy atom. The van der Waals surface area contributed by atoms with E-state index in [-0.39, 0.29) is 0 Å². The van der Waals surface area contributed by atoms with Gasteiger partial charge in [0.25, 0.3) is 0 Å². The summed E-state index contributed by atoms with van der Waals surface area (Å²) in [5, 5.41) is 3.10. The fraction of sp³-hybridized carbons (Fsp3) is 0.312. The number of benzene rings is 1. The van der Waals surface area contributed by atoms with Crippen LogP contribution in [-0.4, -0.2) is 19.7 Å². The fourth-order valence-electron chi connectivity index (χ4n) is 1.95. The predicted octanol–water partition coefficient (Wildman–Crippen LogP) is 5.65. The number of hydrogen-bond donors (Lipinski definition) is 1. The van der Waals surface area contributed by atoms with Crippen LogP contribution in [0.25, 0.3) is 0 Å². The first-order valence-electron chi connectivity index (χ1n) is 7.18. The molecule has 1 aromatic heterocycles. The maximum absolute atomic E-state index is 11.6. The molecule has 0 aliphatic carbocycles. The number of thiophene rings is 1. The summed E-state index contributed by atoms with van der Waals surface area (Å²) >= 11 is 13.7. The summed E-state index contributed by atoms with van der Waals surface area (Å²) in [5.74, 6) is 0. The van der Waals surface area contributed by atoms with Crippen molar-refractivity contribution in [3.05, 3.63) is 44.6 Å². The zero-order valence-corrected chi connectivity index (χ0v) is 15.3. The third-order valence-electron chi connectivity index (χ3n) is 3.09. The number of nitrogens with zero attached hydrogens (tertiary/aromatic N) is 1. The van der Waals surface area contributed by atoms with Gasteiger partial charge in [0.15, 0.2) is 0 Å². The third kappa shape index (κ3) is 5.30. The molecule has 23 heavy (non-hydrogen) atoms. The van der Waals surface area contributed by atoms with Gasteiger partial charge in [-0.05, 0) is 36.8 Å². The van der Waals surface area contributed by atoms with Crippen LogP contribution < -0.4 is 10.2 Å². The number of halogens is 2. The lowest BCUT2D eigenvalue weighted by molar-refractivity contribution is 0.161. The maximum Gasteiger partial charge on any atom is 0.411 e. The van der Waals surface area contributed by atoms with Gasteiger partial charge in [-0.3, -0.25) is 5.32 Å². The highest BCUT2D eigenvalue weighted by atomic mass is 35.5. The maximum atomic E-state index is 11.6. The van der Waals surface area contributed by atoms with Crippen molar-refractivity contribution in [2.45, 2.75) is 19.9 Å². The number of rotatable bonds is 6. The molecule has 0 atom stereocenters. The van der Waals surface area contributed by atoms with Gasteiger partial charge in [-0.25, -0.2) is 4.79 Å². The first-order valence-corrected chi connectivity index (χ1v) is 8.75. The molecule has 0 aliphatic heterocycles. The molecule has 4 nitrogen and oxygen atoms in total. The zero-order valence-electron chi connectivity index (χ0n) is 12.9. The second kappa shape index (κ2) is 8.43. The van der Waals surface area contributed by atoms with Crippen molar-refractivity contribution in [1.82, 2.24) is 0 Å². The van der Waals surface area contributed by atoms with Crippen LogP contribution in [-0.2, 0) is 11.3 Å². The smallest absolute Gasteiger partial charge is 0.411 e. The standard InChI is InChI=1S/C16H18Cl2N2O2S/c1-3-8-22-16(21)19-14-6-4-11(9-13(14)17)20(2)10-12-5-7-15(18)23-12/h4-7,9H,3,8,10H2,1-2H3,(H,19,21). The minimum absolute atomic E-state index is 0.383. The Morgan fingerprint density at radius 3 is 2.70 bits per heavy atom. The van der Waals surface area contributed by atoms with Gasteiger partial charge in [-0.15, -0.1) is 11.3 Å². The summed E-state index contributed by atoms with van der Waals surface area (Å²) in [5.41, 5.74) is 1.48. The number of ether oxygens (including phenoxy) is 1. The van der Waals surface area contributed by atoms with E-state index in [1.165, 1.54) is 4.88 Å². The molecule has 0 unspecified atom stereocenters. The molecule has 0 spiro atoms. The highest BCUT2D eigenvalue weighted by molar-refractivity contribution is 7.16. The second-order valence-electron chi connectivity index (χ2n) is 4.99. The van der Waals surface area contributed by atoms with E-state index < -0.39 is 6.09 Å². The van der Waals surface area contributed by atoms with Gasteiger partial charge < -0.3 is 9.64 Å². The van der Waals surface area contributed by atoms with E-state index in [1.807, 2.05) is 38.2 Å². The third-order valence-corrected chi connectivity index (χ3v) is 4.62. The lowest BCUT2D eigenvalue weighted by Crippen LogP contribution is -2.16. The minimum atomic E-state index is -0.497. The molecule has 2 rings (SSSR count). The number of carbonyl (C=O) groups is 1. The van der Waals surface area contributed by atoms with Crippen LogP contribution in [0.2, 0.25) is 9.36 Å². The summed E-state index contributed by atoms with van der Waals surface area (Å²) in [6, 6.07) is 9.37. The van der Waals surface area contributed by atoms with E-state index in [9.17, 15) is 4.79 Å². The fourth-order valence-corrected chi connectivity index (χ4v) is 3.31. The van der Waals surface area contributed by atoms with E-state index in [1.54, 1.807) is 17.4 Å². The molecule has 2 aromatic rings. The van der Waals surface area contributed by atoms with Gasteiger partial charge in [0.2, 0.25) is 0 Å². The number of amides is 1. The van der Waals surface area contributed by atoms with Crippen LogP contribution >= 0.6 is 34.5 Å². The van der Waals surface area contributed by atoms with Crippen molar-refractivity contribution in [1.29, 1.82) is 0 Å². The Kier molecular flexibility index (Phi) is 6.57. The Morgan fingerprint density at radius 2 is 2.09 bits per heavy atom. The molecular weight excluding hydrogens is 355 g/mol. The average molecular weight is 373 g/mol. The van der Waals surface area contributed by atoms with Crippen LogP contribution in [0.1, 0.15) is 18.2 Å². The molecule has 124 valence electrons. The first kappa shape index (κ1) is 17.9. The monoisotopic (exact) mass is 372 g/mol. The Bertz CT molecular complexity index is 676. The van der Waals surface area contributed by atoms with Crippen LogP contribution in [0.15, 0.2) is 30.3 Å². The summed E-state index contributed by atoms with van der Waals surface area (Å²) in [7, 11) is 1.97. The molecule has 1 heterocycles. The zero-order chi connectivity index (χ0) is 16.8. The van der Waals surface area contributed by atoms with Crippen LogP contribution in [0.4, 0.5) is 16.2 Å². The molecule has 0 radical (unpaired) electrons. The molecule has 7 heteroatoms. The molecule has 1 aromatic carbocycles. The molecule has 0 fully saturated rings. The van der Waals surface area contributed by atoms with Crippen LogP contribution in [0, 0.1) is 0 Å². The molecule has 0 aliphatic rings. The Hall–Kier alpha value is -1.43. The van der Waals surface area contributed by atoms with Crippen LogP contribution in [0.5, 0.6) is 0 Å². The average Bonchev–Trinajstić information content (AvgIpc) is 2.92. The molecule has 1 amide bonds.